The number of para-hydroxylation sites is 1. The Kier molecular flexibility index (Phi) is 8.06. The molecule has 0 aliphatic rings. The van der Waals surface area contributed by atoms with Gasteiger partial charge < -0.3 is 19.7 Å². The number of rotatable bonds is 8. The van der Waals surface area contributed by atoms with Gasteiger partial charge in [-0.05, 0) is 26.8 Å². The Bertz CT molecular complexity index is 1600. The first-order valence-corrected chi connectivity index (χ1v) is 13.2. The van der Waals surface area contributed by atoms with Gasteiger partial charge in [0.05, 0.1) is 30.4 Å². The fraction of sp³-hybridized carbons (Fsp3) is 0.310. The molecule has 1 N–H and O–H groups in total. The van der Waals surface area contributed by atoms with E-state index in [4.69, 9.17) is 9.47 Å². The third-order valence-electron chi connectivity index (χ3n) is 6.04. The number of hydrogen-bond acceptors (Lipinski definition) is 7. The van der Waals surface area contributed by atoms with Gasteiger partial charge in [0.1, 0.15) is 16.9 Å². The van der Waals surface area contributed by atoms with Crippen molar-refractivity contribution >= 4 is 50.1 Å². The van der Waals surface area contributed by atoms with Crippen LogP contribution in [0.25, 0.3) is 21.0 Å². The summed E-state index contributed by atoms with van der Waals surface area (Å²) in [5.41, 5.74) is 0.241. The summed E-state index contributed by atoms with van der Waals surface area (Å²) in [5.74, 6) is -0.416. The second-order valence-corrected chi connectivity index (χ2v) is 11.1. The smallest absolute Gasteiger partial charge is 0.407 e. The molecule has 0 saturated heterocycles. The normalized spacial score (nSPS) is 11.4. The van der Waals surface area contributed by atoms with E-state index in [0.717, 1.165) is 5.39 Å². The molecule has 2 amide bonds. The highest BCUT2D eigenvalue weighted by Gasteiger charge is 2.27. The largest absolute Gasteiger partial charge is 0.494 e. The lowest BCUT2D eigenvalue weighted by molar-refractivity contribution is 0.0740. The van der Waals surface area contributed by atoms with Gasteiger partial charge >= 0.3 is 6.09 Å². The van der Waals surface area contributed by atoms with Crippen LogP contribution in [0.15, 0.2) is 59.4 Å². The Balaban J connectivity index is 1.69. The number of ketones is 1. The number of hydrogen-bond donors (Lipinski definition) is 1. The number of aromatic nitrogens is 1. The van der Waals surface area contributed by atoms with Crippen LogP contribution in [-0.4, -0.2) is 60.1 Å². The number of nitrogens with one attached hydrogen (secondary N) is 1. The van der Waals surface area contributed by atoms with Gasteiger partial charge in [-0.3, -0.25) is 19.0 Å². The van der Waals surface area contributed by atoms with Crippen LogP contribution in [0.4, 0.5) is 4.79 Å². The van der Waals surface area contributed by atoms with Gasteiger partial charge in [0, 0.05) is 23.5 Å². The minimum atomic E-state index is -0.570. The number of alkyl carbamates (subject to hydrolysis) is 1. The SMILES string of the molecule is COc1c(C(=O)N(C)CCOC(=O)NC(C)(C)C)sc2c1c(=O)n(CC(=O)c1ccccc1)c1ccccc21. The van der Waals surface area contributed by atoms with Crippen molar-refractivity contribution in [2.45, 2.75) is 32.9 Å². The predicted molar refractivity (Wildman–Crippen MR) is 152 cm³/mol. The molecule has 0 aliphatic heterocycles. The maximum absolute atomic E-state index is 13.8. The van der Waals surface area contributed by atoms with E-state index in [1.54, 1.807) is 43.4 Å². The summed E-state index contributed by atoms with van der Waals surface area (Å²) < 4.78 is 12.8. The van der Waals surface area contributed by atoms with E-state index in [2.05, 4.69) is 5.32 Å². The van der Waals surface area contributed by atoms with Gasteiger partial charge in [-0.15, -0.1) is 11.3 Å². The van der Waals surface area contributed by atoms with Crippen LogP contribution in [-0.2, 0) is 11.3 Å². The number of nitrogens with zero attached hydrogens (tertiary/aromatic N) is 2. The molecule has 0 saturated carbocycles. The van der Waals surface area contributed by atoms with E-state index in [0.29, 0.717) is 15.8 Å². The molecule has 2 aromatic heterocycles. The van der Waals surface area contributed by atoms with Crippen LogP contribution in [0.5, 0.6) is 5.75 Å². The quantitative estimate of drug-likeness (QED) is 0.319. The fourth-order valence-corrected chi connectivity index (χ4v) is 5.48. The maximum atomic E-state index is 13.8. The summed E-state index contributed by atoms with van der Waals surface area (Å²) in [5, 5.41) is 3.68. The molecule has 4 rings (SSSR count). The van der Waals surface area contributed by atoms with E-state index in [1.165, 1.54) is 27.9 Å². The van der Waals surface area contributed by atoms with Crippen molar-refractivity contribution in [2.24, 2.45) is 0 Å². The van der Waals surface area contributed by atoms with E-state index in [9.17, 15) is 19.2 Å². The zero-order chi connectivity index (χ0) is 28.3. The number of fused-ring (bicyclic) bond motifs is 3. The molecule has 0 radical (unpaired) electrons. The van der Waals surface area contributed by atoms with Crippen LogP contribution in [0.3, 0.4) is 0 Å². The summed E-state index contributed by atoms with van der Waals surface area (Å²) in [6.07, 6.45) is -0.570. The molecule has 4 aromatic rings. The average molecular weight is 550 g/mol. The second-order valence-electron chi connectivity index (χ2n) is 10.1. The Morgan fingerprint density at radius 3 is 2.36 bits per heavy atom. The van der Waals surface area contributed by atoms with Gasteiger partial charge in [0.25, 0.3) is 11.5 Å². The summed E-state index contributed by atoms with van der Waals surface area (Å²) in [4.78, 5) is 53.9. The summed E-state index contributed by atoms with van der Waals surface area (Å²) in [6.45, 7) is 5.50. The van der Waals surface area contributed by atoms with Crippen molar-refractivity contribution in [1.82, 2.24) is 14.8 Å². The number of benzene rings is 2. The van der Waals surface area contributed by atoms with Crippen molar-refractivity contribution in [1.29, 1.82) is 0 Å². The molecule has 9 nitrogen and oxygen atoms in total. The number of thiophene rings is 1. The van der Waals surface area contributed by atoms with Crippen LogP contribution in [0, 0.1) is 0 Å². The van der Waals surface area contributed by atoms with Gasteiger partial charge in [-0.1, -0.05) is 48.5 Å². The number of likely N-dealkylation sites (N-methyl/N-ethyl adjacent to an activating group) is 1. The number of carbonyl (C=O) groups excluding carboxylic acids is 3. The topological polar surface area (TPSA) is 107 Å². The molecule has 0 aliphatic carbocycles. The lowest BCUT2D eigenvalue weighted by Gasteiger charge is -2.21. The second kappa shape index (κ2) is 11.3. The van der Waals surface area contributed by atoms with E-state index in [-0.39, 0.29) is 47.4 Å². The third kappa shape index (κ3) is 5.96. The van der Waals surface area contributed by atoms with Crippen molar-refractivity contribution in [3.05, 3.63) is 75.4 Å². The van der Waals surface area contributed by atoms with E-state index in [1.807, 2.05) is 39.0 Å². The van der Waals surface area contributed by atoms with Crippen LogP contribution < -0.4 is 15.6 Å². The van der Waals surface area contributed by atoms with Gasteiger partial charge in [-0.25, -0.2) is 4.79 Å². The highest BCUT2D eigenvalue weighted by molar-refractivity contribution is 7.22. The first-order chi connectivity index (χ1) is 18.5. The number of carbonyl (C=O) groups is 3. The zero-order valence-corrected chi connectivity index (χ0v) is 23.4. The lowest BCUT2D eigenvalue weighted by Crippen LogP contribution is -2.41. The van der Waals surface area contributed by atoms with Gasteiger partial charge in [0.2, 0.25) is 0 Å². The average Bonchev–Trinajstić information content (AvgIpc) is 3.30. The molecule has 39 heavy (non-hydrogen) atoms. The van der Waals surface area contributed by atoms with Crippen LogP contribution >= 0.6 is 11.3 Å². The van der Waals surface area contributed by atoms with Gasteiger partial charge in [0.15, 0.2) is 11.5 Å². The Labute approximate surface area is 229 Å². The number of amides is 2. The standard InChI is InChI=1S/C29H31N3O6S/c1-29(2,3)30-28(36)38-16-15-31(4)27(35)25-23(37-5)22-24(39-25)19-13-9-10-14-20(19)32(26(22)34)17-21(33)18-11-7-6-8-12-18/h6-14H,15-17H2,1-5H3,(H,30,36). The maximum Gasteiger partial charge on any atom is 0.407 e. The molecule has 0 fully saturated rings. The molecule has 0 atom stereocenters. The lowest BCUT2D eigenvalue weighted by atomic mass is 10.1. The zero-order valence-electron chi connectivity index (χ0n) is 22.6. The summed E-state index contributed by atoms with van der Waals surface area (Å²) >= 11 is 1.17. The van der Waals surface area contributed by atoms with Crippen molar-refractivity contribution in [3.63, 3.8) is 0 Å². The monoisotopic (exact) mass is 549 g/mol. The molecule has 0 spiro atoms. The summed E-state index contributed by atoms with van der Waals surface area (Å²) in [6, 6.07) is 16.1. The Morgan fingerprint density at radius 1 is 1.03 bits per heavy atom. The van der Waals surface area contributed by atoms with Crippen molar-refractivity contribution in [3.8, 4) is 5.75 Å². The van der Waals surface area contributed by atoms with Crippen LogP contribution in [0.1, 0.15) is 40.8 Å². The molecule has 10 heteroatoms. The molecule has 0 unspecified atom stereocenters. The molecule has 2 aromatic carbocycles. The van der Waals surface area contributed by atoms with Gasteiger partial charge in [-0.2, -0.15) is 0 Å². The van der Waals surface area contributed by atoms with E-state index >= 15 is 0 Å². The predicted octanol–water partition coefficient (Wildman–Crippen LogP) is 4.70. The number of Topliss-reactive ketones (excluding diaryl/α,β-unsaturated/α-hetero) is 1. The third-order valence-corrected chi connectivity index (χ3v) is 7.23. The molecule has 0 bridgehead atoms. The highest BCUT2D eigenvalue weighted by atomic mass is 32.1. The summed E-state index contributed by atoms with van der Waals surface area (Å²) in [7, 11) is 3.00. The Hall–Kier alpha value is -4.18. The molecule has 2 heterocycles. The Morgan fingerprint density at radius 2 is 1.69 bits per heavy atom. The minimum absolute atomic E-state index is 0.00526. The highest BCUT2D eigenvalue weighted by Crippen LogP contribution is 2.40. The first-order valence-electron chi connectivity index (χ1n) is 12.4. The number of ether oxygens (including phenoxy) is 2. The van der Waals surface area contributed by atoms with Crippen LogP contribution in [0.2, 0.25) is 0 Å². The molecular formula is C29H31N3O6S. The van der Waals surface area contributed by atoms with Crippen molar-refractivity contribution < 1.29 is 23.9 Å². The van der Waals surface area contributed by atoms with E-state index < -0.39 is 17.2 Å². The minimum Gasteiger partial charge on any atom is -0.494 e. The van der Waals surface area contributed by atoms with Crippen molar-refractivity contribution in [2.75, 3.05) is 27.3 Å². The number of pyridine rings is 1. The number of methoxy groups -OCH3 is 1. The fourth-order valence-electron chi connectivity index (χ4n) is 4.19. The molecular weight excluding hydrogens is 518 g/mol. The molecule has 204 valence electrons. The first kappa shape index (κ1) is 27.8.